The first-order chi connectivity index (χ1) is 10.3. The highest BCUT2D eigenvalue weighted by Gasteiger charge is 2.50. The van der Waals surface area contributed by atoms with Gasteiger partial charge in [-0.15, -0.1) is 0 Å². The summed E-state index contributed by atoms with van der Waals surface area (Å²) in [4.78, 5) is 0. The van der Waals surface area contributed by atoms with Crippen LogP contribution in [0.5, 0.6) is 0 Å². The molecule has 0 radical (unpaired) electrons. The summed E-state index contributed by atoms with van der Waals surface area (Å²) < 4.78 is 6.15. The van der Waals surface area contributed by atoms with Crippen LogP contribution in [0.1, 0.15) is 44.6 Å². The van der Waals surface area contributed by atoms with Gasteiger partial charge in [0, 0.05) is 12.0 Å². The van der Waals surface area contributed by atoms with Gasteiger partial charge in [0.2, 0.25) is 0 Å². The van der Waals surface area contributed by atoms with Gasteiger partial charge in [-0.25, -0.2) is 0 Å². The molecular formula is C19H29NO. The summed E-state index contributed by atoms with van der Waals surface area (Å²) in [5.41, 5.74) is 1.70. The molecule has 2 bridgehead atoms. The van der Waals surface area contributed by atoms with E-state index in [0.29, 0.717) is 5.41 Å². The first-order valence-electron chi connectivity index (χ1n) is 8.65. The Morgan fingerprint density at radius 2 is 2.10 bits per heavy atom. The predicted octanol–water partition coefficient (Wildman–Crippen LogP) is 4.01. The summed E-state index contributed by atoms with van der Waals surface area (Å²) in [5, 5.41) is 3.67. The summed E-state index contributed by atoms with van der Waals surface area (Å²) in [6, 6.07) is 10.6. The van der Waals surface area contributed by atoms with E-state index in [0.717, 1.165) is 38.1 Å². The summed E-state index contributed by atoms with van der Waals surface area (Å²) >= 11 is 0. The van der Waals surface area contributed by atoms with E-state index in [1.165, 1.54) is 37.7 Å². The van der Waals surface area contributed by atoms with E-state index < -0.39 is 0 Å². The number of nitrogens with one attached hydrogen (secondary N) is 1. The number of rotatable bonds is 8. The van der Waals surface area contributed by atoms with E-state index in [4.69, 9.17) is 4.74 Å². The van der Waals surface area contributed by atoms with Crippen LogP contribution in [0.3, 0.4) is 0 Å². The lowest BCUT2D eigenvalue weighted by atomic mass is 9.73. The fourth-order valence-corrected chi connectivity index (χ4v) is 4.46. The van der Waals surface area contributed by atoms with Crippen molar-refractivity contribution in [2.45, 2.75) is 45.6 Å². The van der Waals surface area contributed by atoms with Crippen LogP contribution in [0.15, 0.2) is 30.3 Å². The molecule has 0 saturated heterocycles. The van der Waals surface area contributed by atoms with Crippen molar-refractivity contribution >= 4 is 0 Å². The Kier molecular flexibility index (Phi) is 4.97. The fraction of sp³-hybridized carbons (Fsp3) is 0.684. The Balaban J connectivity index is 1.55. The Labute approximate surface area is 129 Å². The molecule has 0 spiro atoms. The van der Waals surface area contributed by atoms with E-state index >= 15 is 0 Å². The van der Waals surface area contributed by atoms with Crippen molar-refractivity contribution < 1.29 is 4.74 Å². The van der Waals surface area contributed by atoms with Crippen molar-refractivity contribution in [3.05, 3.63) is 35.9 Å². The van der Waals surface area contributed by atoms with Crippen LogP contribution < -0.4 is 5.32 Å². The minimum atomic E-state index is 0.410. The lowest BCUT2D eigenvalue weighted by Gasteiger charge is -2.38. The normalized spacial score (nSPS) is 30.9. The zero-order chi connectivity index (χ0) is 14.5. The zero-order valence-corrected chi connectivity index (χ0v) is 13.3. The first-order valence-corrected chi connectivity index (χ1v) is 8.65. The largest absolute Gasteiger partial charge is 0.376 e. The number of hydrogen-bond acceptors (Lipinski definition) is 2. The van der Waals surface area contributed by atoms with Gasteiger partial charge in [-0.3, -0.25) is 0 Å². The summed E-state index contributed by atoms with van der Waals surface area (Å²) in [6.07, 6.45) is 6.92. The molecule has 1 aromatic carbocycles. The Hall–Kier alpha value is -0.860. The maximum absolute atomic E-state index is 6.15. The van der Waals surface area contributed by atoms with Gasteiger partial charge in [-0.2, -0.15) is 0 Å². The molecule has 2 nitrogen and oxygen atoms in total. The van der Waals surface area contributed by atoms with Crippen LogP contribution in [0, 0.1) is 17.3 Å². The van der Waals surface area contributed by atoms with Crippen molar-refractivity contribution in [3.8, 4) is 0 Å². The molecule has 0 amide bonds. The molecule has 2 saturated carbocycles. The third kappa shape index (κ3) is 3.49. The summed E-state index contributed by atoms with van der Waals surface area (Å²) in [7, 11) is 0. The Morgan fingerprint density at radius 3 is 2.76 bits per heavy atom. The van der Waals surface area contributed by atoms with E-state index in [9.17, 15) is 0 Å². The van der Waals surface area contributed by atoms with Gasteiger partial charge in [0.1, 0.15) is 0 Å². The number of ether oxygens (including phenoxy) is 1. The molecule has 0 aromatic heterocycles. The quantitative estimate of drug-likeness (QED) is 0.729. The second-order valence-corrected chi connectivity index (χ2v) is 7.10. The molecule has 2 aliphatic carbocycles. The van der Waals surface area contributed by atoms with Crippen molar-refractivity contribution in [1.29, 1.82) is 0 Å². The smallest absolute Gasteiger partial charge is 0.0717 e. The second-order valence-electron chi connectivity index (χ2n) is 7.10. The van der Waals surface area contributed by atoms with E-state index in [1.807, 2.05) is 0 Å². The molecule has 0 aliphatic heterocycles. The van der Waals surface area contributed by atoms with Gasteiger partial charge >= 0.3 is 0 Å². The van der Waals surface area contributed by atoms with E-state index in [2.05, 4.69) is 42.6 Å². The maximum atomic E-state index is 6.15. The molecule has 1 N–H and O–H groups in total. The predicted molar refractivity (Wildman–Crippen MR) is 87.1 cm³/mol. The van der Waals surface area contributed by atoms with Crippen LogP contribution in [0.4, 0.5) is 0 Å². The van der Waals surface area contributed by atoms with Gasteiger partial charge in [0.25, 0.3) is 0 Å². The molecule has 116 valence electrons. The second kappa shape index (κ2) is 6.93. The van der Waals surface area contributed by atoms with E-state index in [1.54, 1.807) is 0 Å². The molecule has 21 heavy (non-hydrogen) atoms. The Morgan fingerprint density at radius 1 is 1.24 bits per heavy atom. The molecule has 3 unspecified atom stereocenters. The molecule has 2 aliphatic rings. The molecule has 1 aromatic rings. The third-order valence-corrected chi connectivity index (χ3v) is 5.51. The topological polar surface area (TPSA) is 21.3 Å². The average molecular weight is 287 g/mol. The first kappa shape index (κ1) is 15.1. The lowest BCUT2D eigenvalue weighted by molar-refractivity contribution is 0.000730. The molecule has 2 heteroatoms. The standard InChI is InChI=1S/C19H29NO/c1-2-10-20-14-19(12-17-8-9-18(19)11-17)15-21-13-16-6-4-3-5-7-16/h3-7,17-18,20H,2,8-15H2,1H3. The molecule has 0 heterocycles. The van der Waals surface area contributed by atoms with Crippen molar-refractivity contribution in [2.75, 3.05) is 19.7 Å². The molecule has 3 rings (SSSR count). The van der Waals surface area contributed by atoms with Gasteiger partial charge in [0.05, 0.1) is 13.2 Å². The molecular weight excluding hydrogens is 258 g/mol. The van der Waals surface area contributed by atoms with Gasteiger partial charge in [-0.1, -0.05) is 43.7 Å². The highest BCUT2D eigenvalue weighted by molar-refractivity contribution is 5.13. The lowest BCUT2D eigenvalue weighted by Crippen LogP contribution is -2.42. The zero-order valence-electron chi connectivity index (χ0n) is 13.3. The van der Waals surface area contributed by atoms with Gasteiger partial charge in [-0.05, 0) is 49.6 Å². The van der Waals surface area contributed by atoms with Crippen molar-refractivity contribution in [1.82, 2.24) is 5.32 Å². The highest BCUT2D eigenvalue weighted by Crippen LogP contribution is 2.55. The van der Waals surface area contributed by atoms with Crippen molar-refractivity contribution in [3.63, 3.8) is 0 Å². The molecule has 3 atom stereocenters. The molecule has 2 fully saturated rings. The average Bonchev–Trinajstić information content (AvgIpc) is 3.10. The van der Waals surface area contributed by atoms with Crippen LogP contribution in [-0.4, -0.2) is 19.7 Å². The number of fused-ring (bicyclic) bond motifs is 2. The van der Waals surface area contributed by atoms with Gasteiger partial charge < -0.3 is 10.1 Å². The van der Waals surface area contributed by atoms with Gasteiger partial charge in [0.15, 0.2) is 0 Å². The highest BCUT2D eigenvalue weighted by atomic mass is 16.5. The summed E-state index contributed by atoms with van der Waals surface area (Å²) in [6.45, 7) is 6.22. The minimum absolute atomic E-state index is 0.410. The van der Waals surface area contributed by atoms with Crippen LogP contribution in [0.25, 0.3) is 0 Å². The van der Waals surface area contributed by atoms with Crippen LogP contribution in [0.2, 0.25) is 0 Å². The van der Waals surface area contributed by atoms with Crippen LogP contribution in [-0.2, 0) is 11.3 Å². The number of benzene rings is 1. The number of hydrogen-bond donors (Lipinski definition) is 1. The van der Waals surface area contributed by atoms with Crippen LogP contribution >= 0.6 is 0 Å². The minimum Gasteiger partial charge on any atom is -0.376 e. The van der Waals surface area contributed by atoms with E-state index in [-0.39, 0.29) is 0 Å². The monoisotopic (exact) mass is 287 g/mol. The maximum Gasteiger partial charge on any atom is 0.0717 e. The fourth-order valence-electron chi connectivity index (χ4n) is 4.46. The SMILES string of the molecule is CCCNCC1(COCc2ccccc2)CC2CCC1C2. The van der Waals surface area contributed by atoms with Crippen molar-refractivity contribution in [2.24, 2.45) is 17.3 Å². The summed E-state index contributed by atoms with van der Waals surface area (Å²) in [5.74, 6) is 1.86. The third-order valence-electron chi connectivity index (χ3n) is 5.51. The Bertz CT molecular complexity index is 432.